The molecule has 3 N–H and O–H groups in total. The van der Waals surface area contributed by atoms with Crippen molar-refractivity contribution >= 4 is 5.69 Å². The van der Waals surface area contributed by atoms with E-state index in [1.54, 1.807) is 0 Å². The molecule has 0 radical (unpaired) electrons. The van der Waals surface area contributed by atoms with Crippen molar-refractivity contribution in [2.45, 2.75) is 6.54 Å². The molecule has 1 rings (SSSR count). The molecule has 3 nitrogen and oxygen atoms in total. The largest absolute Gasteiger partial charge is 0.388 e. The molecule has 1 aromatic carbocycles. The highest BCUT2D eigenvalue weighted by atomic mass is 16.5. The van der Waals surface area contributed by atoms with Crippen molar-refractivity contribution in [1.82, 2.24) is 5.48 Å². The Kier molecular flexibility index (Phi) is 6.59. The molecular formula is C10H16N2O. The lowest BCUT2D eigenvalue weighted by atomic mass is 10.2. The molecule has 0 unspecified atom stereocenters. The summed E-state index contributed by atoms with van der Waals surface area (Å²) in [6.45, 7) is 6.47. The Labute approximate surface area is 79.1 Å². The molecule has 0 heterocycles. The molecule has 1 aromatic rings. The molecular weight excluding hydrogens is 164 g/mol. The van der Waals surface area contributed by atoms with E-state index < -0.39 is 0 Å². The monoisotopic (exact) mass is 180 g/mol. The van der Waals surface area contributed by atoms with Crippen molar-refractivity contribution in [3.8, 4) is 0 Å². The number of benzene rings is 1. The number of hydrogen-bond acceptors (Lipinski definition) is 3. The van der Waals surface area contributed by atoms with Crippen molar-refractivity contribution in [3.63, 3.8) is 0 Å². The molecule has 0 saturated heterocycles. The number of para-hydroxylation sites is 1. The third-order valence-corrected chi connectivity index (χ3v) is 1.56. The summed E-state index contributed by atoms with van der Waals surface area (Å²) in [5, 5.41) is 11.5. The number of anilines is 1. The zero-order chi connectivity index (χ0) is 10.1. The van der Waals surface area contributed by atoms with Crippen molar-refractivity contribution in [2.75, 3.05) is 12.4 Å². The fourth-order valence-electron chi connectivity index (χ4n) is 1.00. The van der Waals surface area contributed by atoms with Crippen molar-refractivity contribution < 1.29 is 5.21 Å². The predicted octanol–water partition coefficient (Wildman–Crippen LogP) is 2.01. The molecule has 13 heavy (non-hydrogen) atoms. The molecule has 0 atom stereocenters. The molecule has 0 aliphatic carbocycles. The molecule has 72 valence electrons. The minimum Gasteiger partial charge on any atom is -0.388 e. The second-order valence-corrected chi connectivity index (χ2v) is 2.24. The third-order valence-electron chi connectivity index (χ3n) is 1.56. The van der Waals surface area contributed by atoms with E-state index in [-0.39, 0.29) is 0 Å². The lowest BCUT2D eigenvalue weighted by Gasteiger charge is -2.06. The standard InChI is InChI=1S/C8H12N2O.C2H4/c1-9-8-5-3-2-4-7(8)6-10-11;1-2/h2-5,9-11H,6H2,1H3;1-2H2. The highest BCUT2D eigenvalue weighted by Gasteiger charge is 1.96. The molecule has 0 spiro atoms. The molecule has 0 fully saturated rings. The summed E-state index contributed by atoms with van der Waals surface area (Å²) in [5.74, 6) is 0. The Bertz CT molecular complexity index is 238. The molecule has 0 bridgehead atoms. The smallest absolute Gasteiger partial charge is 0.0478 e. The Hall–Kier alpha value is -1.32. The first-order chi connectivity index (χ1) is 6.38. The van der Waals surface area contributed by atoms with Crippen LogP contribution in [0, 0.1) is 0 Å². The molecule has 0 aromatic heterocycles. The maximum atomic E-state index is 8.46. The summed E-state index contributed by atoms with van der Waals surface area (Å²) in [5.41, 5.74) is 4.21. The van der Waals surface area contributed by atoms with Gasteiger partial charge in [0.05, 0.1) is 0 Å². The number of hydroxylamine groups is 1. The summed E-state index contributed by atoms with van der Waals surface area (Å²) in [7, 11) is 1.86. The fraction of sp³-hybridized carbons (Fsp3) is 0.200. The van der Waals surface area contributed by atoms with E-state index in [1.807, 2.05) is 31.3 Å². The van der Waals surface area contributed by atoms with E-state index >= 15 is 0 Å². The van der Waals surface area contributed by atoms with Gasteiger partial charge in [-0.15, -0.1) is 13.2 Å². The first kappa shape index (κ1) is 11.7. The highest BCUT2D eigenvalue weighted by Crippen LogP contribution is 2.12. The van der Waals surface area contributed by atoms with Crippen LogP contribution < -0.4 is 10.8 Å². The summed E-state index contributed by atoms with van der Waals surface area (Å²) in [6.07, 6.45) is 0. The second kappa shape index (κ2) is 7.34. The Morgan fingerprint density at radius 3 is 2.46 bits per heavy atom. The van der Waals surface area contributed by atoms with Gasteiger partial charge in [0.1, 0.15) is 0 Å². The van der Waals surface area contributed by atoms with Gasteiger partial charge in [0.15, 0.2) is 0 Å². The van der Waals surface area contributed by atoms with Crippen LogP contribution in [0.2, 0.25) is 0 Å². The minimum atomic E-state index is 0.469. The second-order valence-electron chi connectivity index (χ2n) is 2.24. The van der Waals surface area contributed by atoms with E-state index in [9.17, 15) is 0 Å². The summed E-state index contributed by atoms with van der Waals surface area (Å²) in [6, 6.07) is 7.81. The van der Waals surface area contributed by atoms with Crippen molar-refractivity contribution in [3.05, 3.63) is 43.0 Å². The fourth-order valence-corrected chi connectivity index (χ4v) is 1.00. The van der Waals surface area contributed by atoms with Gasteiger partial charge in [-0.05, 0) is 11.6 Å². The normalized spacial score (nSPS) is 8.46. The van der Waals surface area contributed by atoms with Gasteiger partial charge >= 0.3 is 0 Å². The molecule has 0 saturated carbocycles. The number of nitrogens with one attached hydrogen (secondary N) is 2. The van der Waals surface area contributed by atoms with Crippen LogP contribution in [0.15, 0.2) is 37.4 Å². The maximum absolute atomic E-state index is 8.46. The quantitative estimate of drug-likeness (QED) is 0.492. The number of hydrogen-bond donors (Lipinski definition) is 3. The first-order valence-electron chi connectivity index (χ1n) is 4.01. The van der Waals surface area contributed by atoms with Crippen LogP contribution in [0.1, 0.15) is 5.56 Å². The van der Waals surface area contributed by atoms with Gasteiger partial charge in [-0.25, -0.2) is 5.48 Å². The van der Waals surface area contributed by atoms with Gasteiger partial charge in [-0.1, -0.05) is 18.2 Å². The topological polar surface area (TPSA) is 44.3 Å². The SMILES string of the molecule is C=C.CNc1ccccc1CNO. The lowest BCUT2D eigenvalue weighted by Crippen LogP contribution is -2.08. The van der Waals surface area contributed by atoms with Crippen LogP contribution in [0.25, 0.3) is 0 Å². The van der Waals surface area contributed by atoms with Gasteiger partial charge < -0.3 is 10.5 Å². The van der Waals surface area contributed by atoms with Crippen molar-refractivity contribution in [2.24, 2.45) is 0 Å². The lowest BCUT2D eigenvalue weighted by molar-refractivity contribution is 0.161. The number of rotatable bonds is 3. The zero-order valence-corrected chi connectivity index (χ0v) is 7.88. The van der Waals surface area contributed by atoms with Gasteiger partial charge in [0, 0.05) is 19.3 Å². The van der Waals surface area contributed by atoms with Crippen LogP contribution >= 0.6 is 0 Å². The van der Waals surface area contributed by atoms with Crippen LogP contribution in [-0.2, 0) is 6.54 Å². The highest BCUT2D eigenvalue weighted by molar-refractivity contribution is 5.50. The Balaban J connectivity index is 0.000000671. The predicted molar refractivity (Wildman–Crippen MR) is 55.9 cm³/mol. The summed E-state index contributed by atoms with van der Waals surface area (Å²) >= 11 is 0. The molecule has 0 amide bonds. The van der Waals surface area contributed by atoms with Gasteiger partial charge in [0.25, 0.3) is 0 Å². The molecule has 0 aliphatic rings. The summed E-state index contributed by atoms with van der Waals surface area (Å²) in [4.78, 5) is 0. The average molecular weight is 180 g/mol. The Morgan fingerprint density at radius 2 is 1.92 bits per heavy atom. The van der Waals surface area contributed by atoms with Crippen LogP contribution in [0.4, 0.5) is 5.69 Å². The first-order valence-corrected chi connectivity index (χ1v) is 4.01. The molecule has 0 aliphatic heterocycles. The van der Waals surface area contributed by atoms with E-state index in [0.29, 0.717) is 6.54 Å². The van der Waals surface area contributed by atoms with E-state index in [2.05, 4.69) is 24.0 Å². The van der Waals surface area contributed by atoms with E-state index in [0.717, 1.165) is 11.3 Å². The minimum absolute atomic E-state index is 0.469. The van der Waals surface area contributed by atoms with Crippen molar-refractivity contribution in [1.29, 1.82) is 0 Å². The van der Waals surface area contributed by atoms with Gasteiger partial charge in [-0.3, -0.25) is 0 Å². The van der Waals surface area contributed by atoms with E-state index in [4.69, 9.17) is 5.21 Å². The van der Waals surface area contributed by atoms with Gasteiger partial charge in [0.2, 0.25) is 0 Å². The Morgan fingerprint density at radius 1 is 1.31 bits per heavy atom. The van der Waals surface area contributed by atoms with Gasteiger partial charge in [-0.2, -0.15) is 0 Å². The molecule has 3 heteroatoms. The average Bonchev–Trinajstić information content (AvgIpc) is 2.22. The van der Waals surface area contributed by atoms with Crippen LogP contribution in [0.5, 0.6) is 0 Å². The third kappa shape index (κ3) is 3.73. The van der Waals surface area contributed by atoms with Crippen LogP contribution in [0.3, 0.4) is 0 Å². The summed E-state index contributed by atoms with van der Waals surface area (Å²) < 4.78 is 0. The maximum Gasteiger partial charge on any atom is 0.0478 e. The van der Waals surface area contributed by atoms with Crippen LogP contribution in [-0.4, -0.2) is 12.3 Å². The zero-order valence-electron chi connectivity index (χ0n) is 7.88. The van der Waals surface area contributed by atoms with E-state index in [1.165, 1.54) is 0 Å².